The van der Waals surface area contributed by atoms with E-state index in [1.54, 1.807) is 24.3 Å². The molecule has 3 aromatic carbocycles. The maximum atomic E-state index is 13.3. The average Bonchev–Trinajstić information content (AvgIpc) is 3.60. The summed E-state index contributed by atoms with van der Waals surface area (Å²) < 4.78 is 17.7. The van der Waals surface area contributed by atoms with Crippen molar-refractivity contribution in [3.05, 3.63) is 95.2 Å². The summed E-state index contributed by atoms with van der Waals surface area (Å²) in [4.78, 5) is 13.3. The lowest BCUT2D eigenvalue weighted by molar-refractivity contribution is 0.0947. The number of carbonyl (C=O) groups is 1. The second-order valence-electron chi connectivity index (χ2n) is 8.59. The SMILES string of the molecule is CCOc1cc(/C=N/NC(=O)c2c(-c3ccccc3)nnn2-c2nonc2N)ccc1OCc1ccccc1C. The summed E-state index contributed by atoms with van der Waals surface area (Å²) in [5, 5.41) is 19.7. The third-order valence-electron chi connectivity index (χ3n) is 5.92. The van der Waals surface area contributed by atoms with Gasteiger partial charge in [0.05, 0.1) is 12.8 Å². The van der Waals surface area contributed by atoms with Gasteiger partial charge in [0.15, 0.2) is 17.2 Å². The number of benzene rings is 3. The van der Waals surface area contributed by atoms with Gasteiger partial charge < -0.3 is 15.2 Å². The van der Waals surface area contributed by atoms with Crippen molar-refractivity contribution in [3.63, 3.8) is 0 Å². The fourth-order valence-corrected chi connectivity index (χ4v) is 3.90. The molecule has 0 bridgehead atoms. The highest BCUT2D eigenvalue weighted by Crippen LogP contribution is 2.29. The second-order valence-corrected chi connectivity index (χ2v) is 8.59. The van der Waals surface area contributed by atoms with Crippen LogP contribution in [0.25, 0.3) is 17.1 Å². The Bertz CT molecular complexity index is 1650. The molecule has 0 radical (unpaired) electrons. The van der Waals surface area contributed by atoms with Gasteiger partial charge in [0.1, 0.15) is 12.3 Å². The largest absolute Gasteiger partial charge is 0.490 e. The van der Waals surface area contributed by atoms with Gasteiger partial charge in [-0.3, -0.25) is 4.79 Å². The Balaban J connectivity index is 1.36. The lowest BCUT2D eigenvalue weighted by Gasteiger charge is -2.13. The Morgan fingerprint density at radius 2 is 1.85 bits per heavy atom. The van der Waals surface area contributed by atoms with E-state index in [4.69, 9.17) is 15.2 Å². The van der Waals surface area contributed by atoms with Gasteiger partial charge >= 0.3 is 0 Å². The molecule has 2 aromatic heterocycles. The van der Waals surface area contributed by atoms with Crippen LogP contribution in [-0.4, -0.2) is 44.0 Å². The number of amides is 1. The topological polar surface area (TPSA) is 156 Å². The van der Waals surface area contributed by atoms with Crippen molar-refractivity contribution in [1.82, 2.24) is 30.7 Å². The van der Waals surface area contributed by atoms with Crippen LogP contribution in [0, 0.1) is 6.92 Å². The number of nitrogen functional groups attached to an aromatic ring is 1. The average molecular weight is 539 g/mol. The number of hydrazone groups is 1. The monoisotopic (exact) mass is 538 g/mol. The first-order valence-corrected chi connectivity index (χ1v) is 12.4. The standard InChI is InChI=1S/C28H26N8O4/c1-3-38-23-15-19(13-14-22(23)39-17-21-12-8-7-9-18(21)2)16-30-32-28(37)25-24(20-10-5-4-6-11-20)31-35-36(25)27-26(29)33-40-34-27/h4-16H,3,17H2,1-2H3,(H2,29,33)(H,32,37)/b30-16+. The predicted octanol–water partition coefficient (Wildman–Crippen LogP) is 3.95. The first kappa shape index (κ1) is 26.1. The van der Waals surface area contributed by atoms with Crippen molar-refractivity contribution < 1.29 is 18.9 Å². The molecule has 40 heavy (non-hydrogen) atoms. The number of nitrogens with two attached hydrogens (primary N) is 1. The summed E-state index contributed by atoms with van der Waals surface area (Å²) in [7, 11) is 0. The Kier molecular flexibility index (Phi) is 7.77. The number of hydrogen-bond acceptors (Lipinski definition) is 10. The van der Waals surface area contributed by atoms with E-state index in [-0.39, 0.29) is 17.3 Å². The zero-order valence-electron chi connectivity index (χ0n) is 21.8. The van der Waals surface area contributed by atoms with Gasteiger partial charge in [-0.15, -0.1) is 5.10 Å². The lowest BCUT2D eigenvalue weighted by Crippen LogP contribution is -2.22. The number of aromatic nitrogens is 5. The summed E-state index contributed by atoms with van der Waals surface area (Å²) in [6.45, 7) is 4.80. The van der Waals surface area contributed by atoms with Crippen LogP contribution >= 0.6 is 0 Å². The summed E-state index contributed by atoms with van der Waals surface area (Å²) in [6.07, 6.45) is 1.49. The lowest BCUT2D eigenvalue weighted by atomic mass is 10.1. The van der Waals surface area contributed by atoms with E-state index >= 15 is 0 Å². The Morgan fingerprint density at radius 3 is 2.60 bits per heavy atom. The fourth-order valence-electron chi connectivity index (χ4n) is 3.90. The zero-order chi connectivity index (χ0) is 27.9. The highest BCUT2D eigenvalue weighted by molar-refractivity contribution is 5.99. The number of hydrogen-bond donors (Lipinski definition) is 2. The van der Waals surface area contributed by atoms with Gasteiger partial charge in [-0.1, -0.05) is 59.8 Å². The van der Waals surface area contributed by atoms with Crippen LogP contribution in [0.1, 0.15) is 34.1 Å². The van der Waals surface area contributed by atoms with Crippen molar-refractivity contribution >= 4 is 17.9 Å². The van der Waals surface area contributed by atoms with Crippen LogP contribution in [0.4, 0.5) is 5.82 Å². The highest BCUT2D eigenvalue weighted by Gasteiger charge is 2.25. The molecule has 5 aromatic rings. The molecular weight excluding hydrogens is 512 g/mol. The van der Waals surface area contributed by atoms with Crippen molar-refractivity contribution in [2.45, 2.75) is 20.5 Å². The summed E-state index contributed by atoms with van der Waals surface area (Å²) in [5.74, 6) is 0.564. The van der Waals surface area contributed by atoms with Crippen LogP contribution < -0.4 is 20.6 Å². The molecule has 0 saturated heterocycles. The molecule has 2 heterocycles. The Hall–Kier alpha value is -5.52. The molecule has 0 aliphatic heterocycles. The number of carbonyl (C=O) groups excluding carboxylic acids is 1. The van der Waals surface area contributed by atoms with E-state index in [1.807, 2.05) is 62.4 Å². The van der Waals surface area contributed by atoms with E-state index in [2.05, 4.69) is 35.8 Å². The van der Waals surface area contributed by atoms with Crippen molar-refractivity contribution in [3.8, 4) is 28.6 Å². The van der Waals surface area contributed by atoms with E-state index in [9.17, 15) is 4.79 Å². The predicted molar refractivity (Wildman–Crippen MR) is 147 cm³/mol. The minimum atomic E-state index is -0.592. The van der Waals surface area contributed by atoms with Gasteiger partial charge in [-0.05, 0) is 59.1 Å². The molecule has 0 unspecified atom stereocenters. The molecule has 0 atom stereocenters. The van der Waals surface area contributed by atoms with E-state index < -0.39 is 5.91 Å². The van der Waals surface area contributed by atoms with Crippen LogP contribution in [-0.2, 0) is 6.61 Å². The van der Waals surface area contributed by atoms with Crippen molar-refractivity contribution in [2.24, 2.45) is 5.10 Å². The minimum absolute atomic E-state index is 0.0338. The molecular formula is C28H26N8O4. The van der Waals surface area contributed by atoms with Gasteiger partial charge in [0, 0.05) is 5.56 Å². The number of nitrogens with zero attached hydrogens (tertiary/aromatic N) is 6. The first-order chi connectivity index (χ1) is 19.5. The van der Waals surface area contributed by atoms with Crippen molar-refractivity contribution in [2.75, 3.05) is 12.3 Å². The number of rotatable bonds is 10. The maximum absolute atomic E-state index is 13.3. The third-order valence-corrected chi connectivity index (χ3v) is 5.92. The molecule has 0 spiro atoms. The quantitative estimate of drug-likeness (QED) is 0.199. The van der Waals surface area contributed by atoms with Crippen LogP contribution in [0.3, 0.4) is 0 Å². The smallest absolute Gasteiger partial charge is 0.292 e. The van der Waals surface area contributed by atoms with Crippen LogP contribution in [0.5, 0.6) is 11.5 Å². The molecule has 12 heteroatoms. The summed E-state index contributed by atoms with van der Waals surface area (Å²) in [5.41, 5.74) is 12.3. The number of nitrogens with one attached hydrogen (secondary N) is 1. The molecule has 5 rings (SSSR count). The molecule has 202 valence electrons. The van der Waals surface area contributed by atoms with E-state index in [0.29, 0.717) is 41.5 Å². The molecule has 12 nitrogen and oxygen atoms in total. The van der Waals surface area contributed by atoms with E-state index in [1.165, 1.54) is 6.21 Å². The van der Waals surface area contributed by atoms with Gasteiger partial charge in [0.25, 0.3) is 5.91 Å². The van der Waals surface area contributed by atoms with Crippen LogP contribution in [0.2, 0.25) is 0 Å². The Morgan fingerprint density at radius 1 is 1.05 bits per heavy atom. The van der Waals surface area contributed by atoms with E-state index in [0.717, 1.165) is 15.8 Å². The Labute approximate surface area is 229 Å². The summed E-state index contributed by atoms with van der Waals surface area (Å²) in [6, 6.07) is 22.5. The maximum Gasteiger partial charge on any atom is 0.292 e. The third kappa shape index (κ3) is 5.65. The first-order valence-electron chi connectivity index (χ1n) is 12.4. The van der Waals surface area contributed by atoms with Gasteiger partial charge in [-0.2, -0.15) is 9.78 Å². The molecule has 0 aliphatic rings. The number of ether oxygens (including phenoxy) is 2. The highest BCUT2D eigenvalue weighted by atomic mass is 16.6. The number of aryl methyl sites for hydroxylation is 1. The molecule has 3 N–H and O–H groups in total. The number of anilines is 1. The van der Waals surface area contributed by atoms with Gasteiger partial charge in [0.2, 0.25) is 11.6 Å². The molecule has 0 fully saturated rings. The molecule has 0 saturated carbocycles. The van der Waals surface area contributed by atoms with Crippen molar-refractivity contribution in [1.29, 1.82) is 0 Å². The minimum Gasteiger partial charge on any atom is -0.490 e. The molecule has 0 aliphatic carbocycles. The fraction of sp³-hybridized carbons (Fsp3) is 0.143. The molecule has 1 amide bonds. The van der Waals surface area contributed by atoms with Gasteiger partial charge in [-0.25, -0.2) is 10.1 Å². The van der Waals surface area contributed by atoms with Crippen LogP contribution in [0.15, 0.2) is 82.5 Å². The normalized spacial score (nSPS) is 11.1. The summed E-state index contributed by atoms with van der Waals surface area (Å²) >= 11 is 0. The second kappa shape index (κ2) is 11.9. The zero-order valence-corrected chi connectivity index (χ0v) is 21.8.